The predicted octanol–water partition coefficient (Wildman–Crippen LogP) is 2.33. The quantitative estimate of drug-likeness (QED) is 0.932. The molecule has 0 amide bonds. The average Bonchev–Trinajstić information content (AvgIpc) is 2.77. The van der Waals surface area contributed by atoms with E-state index in [0.29, 0.717) is 9.92 Å². The average molecular weight is 286 g/mol. The number of carbonyl (C=O) groups is 1. The summed E-state index contributed by atoms with van der Waals surface area (Å²) in [6, 6.07) is 7.89. The fraction of sp³-hybridized carbons (Fsp3) is 0.0909. The normalized spacial score (nSPS) is 12.3. The first-order valence-corrected chi connectivity index (χ1v) is 6.59. The number of halogens is 1. The van der Waals surface area contributed by atoms with E-state index in [1.54, 1.807) is 24.3 Å². The molecular formula is C11H8ClNO4S. The van der Waals surface area contributed by atoms with E-state index in [-0.39, 0.29) is 17.2 Å². The molecule has 0 aliphatic carbocycles. The third-order valence-electron chi connectivity index (χ3n) is 2.11. The van der Waals surface area contributed by atoms with Crippen LogP contribution in [0.25, 0.3) is 0 Å². The van der Waals surface area contributed by atoms with E-state index < -0.39 is 16.8 Å². The van der Waals surface area contributed by atoms with Crippen molar-refractivity contribution in [2.75, 3.05) is 0 Å². The van der Waals surface area contributed by atoms with Crippen LogP contribution in [0.5, 0.6) is 0 Å². The molecule has 1 unspecified atom stereocenters. The van der Waals surface area contributed by atoms with Crippen LogP contribution >= 0.6 is 11.6 Å². The highest BCUT2D eigenvalue weighted by atomic mass is 35.5. The Morgan fingerprint density at radius 3 is 2.83 bits per heavy atom. The molecular weight excluding hydrogens is 278 g/mol. The summed E-state index contributed by atoms with van der Waals surface area (Å²) in [6.45, 7) is 0. The molecule has 0 saturated heterocycles. The topological polar surface area (TPSA) is 80.4 Å². The van der Waals surface area contributed by atoms with Crippen molar-refractivity contribution >= 4 is 28.4 Å². The standard InChI is InChI=1S/C11H8ClNO4S/c12-7-2-1-3-9(4-7)18(16)6-8-5-10(11(14)15)13-17-8/h1-5H,6H2,(H,14,15). The van der Waals surface area contributed by atoms with Crippen molar-refractivity contribution in [2.24, 2.45) is 0 Å². The molecule has 0 fully saturated rings. The second-order valence-corrected chi connectivity index (χ2v) is 5.32. The van der Waals surface area contributed by atoms with E-state index in [2.05, 4.69) is 5.16 Å². The largest absolute Gasteiger partial charge is 0.476 e. The molecule has 0 bridgehead atoms. The predicted molar refractivity (Wildman–Crippen MR) is 65.0 cm³/mol. The molecule has 94 valence electrons. The van der Waals surface area contributed by atoms with Crippen LogP contribution in [0.3, 0.4) is 0 Å². The SMILES string of the molecule is O=C(O)c1cc(CS(=O)c2cccc(Cl)c2)on1. The van der Waals surface area contributed by atoms with Gasteiger partial charge in [0.2, 0.25) is 0 Å². The van der Waals surface area contributed by atoms with Crippen molar-refractivity contribution in [2.45, 2.75) is 10.6 Å². The molecule has 1 N–H and O–H groups in total. The zero-order chi connectivity index (χ0) is 13.1. The fourth-order valence-electron chi connectivity index (χ4n) is 1.30. The summed E-state index contributed by atoms with van der Waals surface area (Å²) < 4.78 is 16.8. The highest BCUT2D eigenvalue weighted by molar-refractivity contribution is 7.84. The fourth-order valence-corrected chi connectivity index (χ4v) is 2.61. The van der Waals surface area contributed by atoms with Gasteiger partial charge in [0, 0.05) is 16.0 Å². The van der Waals surface area contributed by atoms with Crippen LogP contribution in [0.2, 0.25) is 5.02 Å². The first-order chi connectivity index (χ1) is 8.56. The number of nitrogens with zero attached hydrogens (tertiary/aromatic N) is 1. The molecule has 0 spiro atoms. The summed E-state index contributed by atoms with van der Waals surface area (Å²) >= 11 is 5.79. The van der Waals surface area contributed by atoms with Crippen molar-refractivity contribution in [1.29, 1.82) is 0 Å². The van der Waals surface area contributed by atoms with Crippen LogP contribution < -0.4 is 0 Å². The monoisotopic (exact) mass is 285 g/mol. The molecule has 2 aromatic rings. The Hall–Kier alpha value is -1.66. The zero-order valence-corrected chi connectivity index (χ0v) is 10.6. The third-order valence-corrected chi connectivity index (χ3v) is 3.67. The molecule has 5 nitrogen and oxygen atoms in total. The van der Waals surface area contributed by atoms with Gasteiger partial charge in [-0.3, -0.25) is 4.21 Å². The number of rotatable bonds is 4. The Labute approximate surface area is 110 Å². The number of carboxylic acid groups (broad SMARTS) is 1. The summed E-state index contributed by atoms with van der Waals surface area (Å²) in [6.07, 6.45) is 0. The van der Waals surface area contributed by atoms with E-state index >= 15 is 0 Å². The second-order valence-electron chi connectivity index (χ2n) is 3.43. The second kappa shape index (κ2) is 5.32. The highest BCUT2D eigenvalue weighted by Gasteiger charge is 2.14. The number of hydrogen-bond donors (Lipinski definition) is 1. The number of aromatic carboxylic acids is 1. The summed E-state index contributed by atoms with van der Waals surface area (Å²) in [7, 11) is -1.36. The molecule has 18 heavy (non-hydrogen) atoms. The minimum atomic E-state index is -1.36. The Morgan fingerprint density at radius 1 is 1.44 bits per heavy atom. The summed E-state index contributed by atoms with van der Waals surface area (Å²) in [5.74, 6) is -0.870. The van der Waals surface area contributed by atoms with Crippen molar-refractivity contribution < 1.29 is 18.6 Å². The van der Waals surface area contributed by atoms with E-state index in [4.69, 9.17) is 21.2 Å². The molecule has 1 heterocycles. The number of benzene rings is 1. The smallest absolute Gasteiger partial charge is 0.358 e. The van der Waals surface area contributed by atoms with Crippen molar-refractivity contribution in [3.8, 4) is 0 Å². The maximum atomic E-state index is 12.0. The molecule has 0 aliphatic heterocycles. The van der Waals surface area contributed by atoms with Gasteiger partial charge < -0.3 is 9.63 Å². The highest BCUT2D eigenvalue weighted by Crippen LogP contribution is 2.17. The van der Waals surface area contributed by atoms with Crippen molar-refractivity contribution in [3.05, 3.63) is 46.8 Å². The summed E-state index contributed by atoms with van der Waals surface area (Å²) in [5.41, 5.74) is -0.201. The molecule has 0 aliphatic rings. The van der Waals surface area contributed by atoms with Crippen LogP contribution in [-0.2, 0) is 16.6 Å². The molecule has 1 aromatic carbocycles. The van der Waals surface area contributed by atoms with Crippen LogP contribution in [0.15, 0.2) is 39.8 Å². The van der Waals surface area contributed by atoms with Crippen LogP contribution in [0.1, 0.15) is 16.2 Å². The third kappa shape index (κ3) is 2.96. The van der Waals surface area contributed by atoms with Gasteiger partial charge in [0.25, 0.3) is 0 Å². The summed E-state index contributed by atoms with van der Waals surface area (Å²) in [4.78, 5) is 11.2. The van der Waals surface area contributed by atoms with Crippen LogP contribution in [0, 0.1) is 0 Å². The lowest BCUT2D eigenvalue weighted by Crippen LogP contribution is -1.96. The Morgan fingerprint density at radius 2 is 2.22 bits per heavy atom. The van der Waals surface area contributed by atoms with Gasteiger partial charge in [0.05, 0.1) is 16.6 Å². The van der Waals surface area contributed by atoms with Gasteiger partial charge in [0.1, 0.15) is 5.76 Å². The zero-order valence-electron chi connectivity index (χ0n) is 9.00. The summed E-state index contributed by atoms with van der Waals surface area (Å²) in [5, 5.41) is 12.5. The van der Waals surface area contributed by atoms with E-state index in [0.717, 1.165) is 0 Å². The van der Waals surface area contributed by atoms with Gasteiger partial charge in [-0.1, -0.05) is 22.8 Å². The van der Waals surface area contributed by atoms with E-state index in [9.17, 15) is 9.00 Å². The van der Waals surface area contributed by atoms with Gasteiger partial charge in [-0.2, -0.15) is 0 Å². The van der Waals surface area contributed by atoms with Crippen molar-refractivity contribution in [1.82, 2.24) is 5.16 Å². The van der Waals surface area contributed by atoms with Crippen LogP contribution in [-0.4, -0.2) is 20.4 Å². The van der Waals surface area contributed by atoms with E-state index in [1.807, 2.05) is 0 Å². The first-order valence-electron chi connectivity index (χ1n) is 4.89. The van der Waals surface area contributed by atoms with Gasteiger partial charge in [0.15, 0.2) is 5.69 Å². The lowest BCUT2D eigenvalue weighted by Gasteiger charge is -1.99. The molecule has 2 rings (SSSR count). The van der Waals surface area contributed by atoms with Crippen LogP contribution in [0.4, 0.5) is 0 Å². The minimum Gasteiger partial charge on any atom is -0.476 e. The van der Waals surface area contributed by atoms with E-state index in [1.165, 1.54) is 6.07 Å². The van der Waals surface area contributed by atoms with Crippen molar-refractivity contribution in [3.63, 3.8) is 0 Å². The Balaban J connectivity index is 2.13. The van der Waals surface area contributed by atoms with Gasteiger partial charge in [-0.15, -0.1) is 0 Å². The molecule has 0 radical (unpaired) electrons. The van der Waals surface area contributed by atoms with Gasteiger partial charge >= 0.3 is 5.97 Å². The molecule has 1 aromatic heterocycles. The maximum absolute atomic E-state index is 12.0. The maximum Gasteiger partial charge on any atom is 0.358 e. The first kappa shape index (κ1) is 12.8. The number of carboxylic acids is 1. The lowest BCUT2D eigenvalue weighted by molar-refractivity contribution is 0.0685. The van der Waals surface area contributed by atoms with Gasteiger partial charge in [-0.05, 0) is 18.2 Å². The van der Waals surface area contributed by atoms with Gasteiger partial charge in [-0.25, -0.2) is 4.79 Å². The molecule has 0 saturated carbocycles. The number of aromatic nitrogens is 1. The Kier molecular flexibility index (Phi) is 3.78. The number of hydrogen-bond acceptors (Lipinski definition) is 4. The Bertz CT molecular complexity index is 611. The molecule has 1 atom stereocenters. The molecule has 7 heteroatoms. The minimum absolute atomic E-state index is 0.0562. The lowest BCUT2D eigenvalue weighted by atomic mass is 10.4.